The molecule has 0 saturated carbocycles. The topological polar surface area (TPSA) is 106 Å². The molecule has 5 heteroatoms. The molecule has 0 bridgehead atoms. The molecule has 0 fully saturated rings. The molecular formula is C15H20N4O. The summed E-state index contributed by atoms with van der Waals surface area (Å²) in [5.41, 5.74) is 6.73. The number of nitrogens with one attached hydrogen (secondary N) is 1. The molecule has 1 aromatic carbocycles. The lowest BCUT2D eigenvalue weighted by Crippen LogP contribution is -2.40. The lowest BCUT2D eigenvalue weighted by atomic mass is 9.98. The first-order valence-corrected chi connectivity index (χ1v) is 6.51. The van der Waals surface area contributed by atoms with E-state index in [9.17, 15) is 5.11 Å². The van der Waals surface area contributed by atoms with Crippen molar-refractivity contribution in [2.24, 2.45) is 0 Å². The van der Waals surface area contributed by atoms with Gasteiger partial charge in [0.15, 0.2) is 0 Å². The van der Waals surface area contributed by atoms with E-state index in [-0.39, 0.29) is 22.4 Å². The van der Waals surface area contributed by atoms with E-state index < -0.39 is 6.10 Å². The van der Waals surface area contributed by atoms with Gasteiger partial charge in [-0.2, -0.15) is 10.5 Å². The van der Waals surface area contributed by atoms with Gasteiger partial charge in [0.05, 0.1) is 22.9 Å². The van der Waals surface area contributed by atoms with Crippen molar-refractivity contribution in [3.05, 3.63) is 28.8 Å². The average Bonchev–Trinajstić information content (AvgIpc) is 2.45. The third-order valence-electron chi connectivity index (χ3n) is 3.49. The van der Waals surface area contributed by atoms with Crippen LogP contribution >= 0.6 is 0 Å². The molecule has 1 unspecified atom stereocenters. The SMILES string of the molecule is CCC(C)(C)NCC(O)c1cc(C#N)c(N)c(C#N)c1. The van der Waals surface area contributed by atoms with Crippen molar-refractivity contribution in [1.82, 2.24) is 5.32 Å². The highest BCUT2D eigenvalue weighted by molar-refractivity contribution is 5.65. The number of nitrogen functional groups attached to an aromatic ring is 1. The zero-order chi connectivity index (χ0) is 15.3. The number of hydrogen-bond donors (Lipinski definition) is 3. The highest BCUT2D eigenvalue weighted by Crippen LogP contribution is 2.23. The van der Waals surface area contributed by atoms with Gasteiger partial charge >= 0.3 is 0 Å². The highest BCUT2D eigenvalue weighted by atomic mass is 16.3. The molecule has 0 radical (unpaired) electrons. The van der Waals surface area contributed by atoms with Crippen molar-refractivity contribution in [3.63, 3.8) is 0 Å². The van der Waals surface area contributed by atoms with Crippen LogP contribution in [0.15, 0.2) is 12.1 Å². The quantitative estimate of drug-likeness (QED) is 0.709. The summed E-state index contributed by atoms with van der Waals surface area (Å²) in [6, 6.07) is 6.94. The minimum absolute atomic E-state index is 0.0785. The number of nitrogens with zero attached hydrogens (tertiary/aromatic N) is 2. The van der Waals surface area contributed by atoms with Crippen LogP contribution in [0.4, 0.5) is 5.69 Å². The van der Waals surface area contributed by atoms with Gasteiger partial charge < -0.3 is 16.2 Å². The number of aliphatic hydroxyl groups excluding tert-OH is 1. The maximum atomic E-state index is 10.2. The molecule has 1 aromatic rings. The first-order valence-electron chi connectivity index (χ1n) is 6.51. The molecule has 106 valence electrons. The van der Waals surface area contributed by atoms with Crippen LogP contribution in [0.25, 0.3) is 0 Å². The van der Waals surface area contributed by atoms with Crippen LogP contribution in [0.3, 0.4) is 0 Å². The van der Waals surface area contributed by atoms with Crippen LogP contribution in [-0.2, 0) is 0 Å². The molecule has 1 atom stereocenters. The Balaban J connectivity index is 2.98. The monoisotopic (exact) mass is 272 g/mol. The van der Waals surface area contributed by atoms with Crippen molar-refractivity contribution in [2.75, 3.05) is 12.3 Å². The van der Waals surface area contributed by atoms with Crippen LogP contribution in [0.5, 0.6) is 0 Å². The smallest absolute Gasteiger partial charge is 0.101 e. The third-order valence-corrected chi connectivity index (χ3v) is 3.49. The number of hydrogen-bond acceptors (Lipinski definition) is 5. The van der Waals surface area contributed by atoms with Crippen molar-refractivity contribution >= 4 is 5.69 Å². The number of β-amino-alcohol motifs (C(OH)–C–C–N with tert-alkyl or cyclic N) is 1. The Bertz CT molecular complexity index is 531. The van der Waals surface area contributed by atoms with E-state index in [1.54, 1.807) is 0 Å². The van der Waals surface area contributed by atoms with Crippen molar-refractivity contribution < 1.29 is 5.11 Å². The fourth-order valence-electron chi connectivity index (χ4n) is 1.67. The zero-order valence-corrected chi connectivity index (χ0v) is 12.1. The molecule has 0 spiro atoms. The van der Waals surface area contributed by atoms with Crippen molar-refractivity contribution in [1.29, 1.82) is 10.5 Å². The van der Waals surface area contributed by atoms with E-state index in [0.717, 1.165) is 6.42 Å². The zero-order valence-electron chi connectivity index (χ0n) is 12.1. The van der Waals surface area contributed by atoms with E-state index in [2.05, 4.69) is 12.2 Å². The Labute approximate surface area is 119 Å². The number of aliphatic hydroxyl groups is 1. The number of nitriles is 2. The molecule has 0 heterocycles. The van der Waals surface area contributed by atoms with Crippen LogP contribution in [0.1, 0.15) is 50.0 Å². The van der Waals surface area contributed by atoms with Gasteiger partial charge in [-0.25, -0.2) is 0 Å². The van der Waals surface area contributed by atoms with E-state index in [1.807, 2.05) is 26.0 Å². The van der Waals surface area contributed by atoms with E-state index in [1.165, 1.54) is 12.1 Å². The van der Waals surface area contributed by atoms with Crippen molar-refractivity contribution in [3.8, 4) is 12.1 Å². The van der Waals surface area contributed by atoms with Crippen molar-refractivity contribution in [2.45, 2.75) is 38.8 Å². The second-order valence-electron chi connectivity index (χ2n) is 5.39. The molecule has 5 nitrogen and oxygen atoms in total. The van der Waals surface area contributed by atoms with Gasteiger partial charge in [0, 0.05) is 12.1 Å². The Morgan fingerprint density at radius 3 is 2.20 bits per heavy atom. The Morgan fingerprint density at radius 2 is 1.80 bits per heavy atom. The fourth-order valence-corrected chi connectivity index (χ4v) is 1.67. The normalized spacial score (nSPS) is 12.5. The summed E-state index contributed by atoms with van der Waals surface area (Å²) in [7, 11) is 0. The van der Waals surface area contributed by atoms with Gasteiger partial charge in [0.2, 0.25) is 0 Å². The maximum Gasteiger partial charge on any atom is 0.101 e. The molecule has 0 amide bonds. The molecule has 0 aromatic heterocycles. The first-order chi connectivity index (χ1) is 9.34. The Hall–Kier alpha value is -2.08. The van der Waals surface area contributed by atoms with Crippen LogP contribution < -0.4 is 11.1 Å². The van der Waals surface area contributed by atoms with Gasteiger partial charge in [-0.15, -0.1) is 0 Å². The largest absolute Gasteiger partial charge is 0.397 e. The van der Waals surface area contributed by atoms with Gasteiger partial charge in [-0.1, -0.05) is 6.92 Å². The number of anilines is 1. The summed E-state index contributed by atoms with van der Waals surface area (Å²) < 4.78 is 0. The van der Waals surface area contributed by atoms with Crippen LogP contribution in [0.2, 0.25) is 0 Å². The molecule has 1 rings (SSSR count). The summed E-state index contributed by atoms with van der Waals surface area (Å²) in [6.45, 7) is 6.50. The molecule has 0 saturated heterocycles. The highest BCUT2D eigenvalue weighted by Gasteiger charge is 2.18. The lowest BCUT2D eigenvalue weighted by molar-refractivity contribution is 0.160. The summed E-state index contributed by atoms with van der Waals surface area (Å²) in [4.78, 5) is 0. The summed E-state index contributed by atoms with van der Waals surface area (Å²) >= 11 is 0. The average molecular weight is 272 g/mol. The molecule has 0 aliphatic carbocycles. The van der Waals surface area contributed by atoms with Gasteiger partial charge in [0.25, 0.3) is 0 Å². The molecule has 4 N–H and O–H groups in total. The predicted octanol–water partition coefficient (Wildman–Crippen LogP) is 1.82. The molecule has 0 aliphatic rings. The second kappa shape index (κ2) is 6.38. The maximum absolute atomic E-state index is 10.2. The molecule has 0 aliphatic heterocycles. The van der Waals surface area contributed by atoms with Crippen LogP contribution in [-0.4, -0.2) is 17.2 Å². The van der Waals surface area contributed by atoms with Gasteiger partial charge in [-0.05, 0) is 38.0 Å². The minimum atomic E-state index is -0.791. The third kappa shape index (κ3) is 3.71. The van der Waals surface area contributed by atoms with Gasteiger partial charge in [-0.3, -0.25) is 0 Å². The minimum Gasteiger partial charge on any atom is -0.397 e. The summed E-state index contributed by atoms with van der Waals surface area (Å²) in [5, 5.41) is 31.4. The number of nitrogens with two attached hydrogens (primary N) is 1. The summed E-state index contributed by atoms with van der Waals surface area (Å²) in [6.07, 6.45) is 0.134. The Morgan fingerprint density at radius 1 is 1.30 bits per heavy atom. The van der Waals surface area contributed by atoms with E-state index in [0.29, 0.717) is 12.1 Å². The van der Waals surface area contributed by atoms with E-state index in [4.69, 9.17) is 16.3 Å². The van der Waals surface area contributed by atoms with Gasteiger partial charge in [0.1, 0.15) is 12.1 Å². The fraction of sp³-hybridized carbons (Fsp3) is 0.467. The second-order valence-corrected chi connectivity index (χ2v) is 5.39. The Kier molecular flexibility index (Phi) is 5.10. The predicted molar refractivity (Wildman–Crippen MR) is 77.6 cm³/mol. The number of benzene rings is 1. The van der Waals surface area contributed by atoms with Crippen LogP contribution in [0, 0.1) is 22.7 Å². The van der Waals surface area contributed by atoms with E-state index >= 15 is 0 Å². The standard InChI is InChI=1S/C15H20N4O/c1-4-15(2,3)19-9-13(20)10-5-11(7-16)14(18)12(6-10)8-17/h5-6,13,19-20H,4,9,18H2,1-3H3. The molecule has 20 heavy (non-hydrogen) atoms. The lowest BCUT2D eigenvalue weighted by Gasteiger charge is -2.26. The summed E-state index contributed by atoms with van der Waals surface area (Å²) in [5.74, 6) is 0. The molecular weight excluding hydrogens is 252 g/mol. The first kappa shape index (κ1) is 16.0. The number of rotatable bonds is 5.